The summed E-state index contributed by atoms with van der Waals surface area (Å²) in [7, 11) is 0. The molecule has 248 valence electrons. The van der Waals surface area contributed by atoms with Crippen molar-refractivity contribution in [3.63, 3.8) is 0 Å². The summed E-state index contributed by atoms with van der Waals surface area (Å²) < 4.78 is 10.5. The fourth-order valence-corrected chi connectivity index (χ4v) is 4.72. The molecule has 0 saturated carbocycles. The molecule has 0 aromatic carbocycles. The molecule has 0 aromatic rings. The zero-order valence-corrected chi connectivity index (χ0v) is 28.0. The second-order valence-electron chi connectivity index (χ2n) is 11.6. The molecule has 0 rings (SSSR count). The summed E-state index contributed by atoms with van der Waals surface area (Å²) in [4.78, 5) is 24.1. The lowest BCUT2D eigenvalue weighted by molar-refractivity contribution is -0.161. The molecule has 5 heteroatoms. The maximum Gasteiger partial charge on any atom is 0.306 e. The smallest absolute Gasteiger partial charge is 0.306 e. The van der Waals surface area contributed by atoms with Crippen LogP contribution >= 0.6 is 0 Å². The van der Waals surface area contributed by atoms with Crippen molar-refractivity contribution in [2.45, 2.75) is 168 Å². The summed E-state index contributed by atoms with van der Waals surface area (Å²) in [5.74, 6) is -0.640. The highest BCUT2D eigenvalue weighted by molar-refractivity contribution is 5.70. The van der Waals surface area contributed by atoms with Crippen molar-refractivity contribution in [2.24, 2.45) is 0 Å². The van der Waals surface area contributed by atoms with E-state index in [4.69, 9.17) is 9.47 Å². The van der Waals surface area contributed by atoms with Gasteiger partial charge >= 0.3 is 11.9 Å². The van der Waals surface area contributed by atoms with Crippen LogP contribution in [0, 0.1) is 0 Å². The molecule has 0 aliphatic rings. The van der Waals surface area contributed by atoms with E-state index >= 15 is 0 Å². The molecule has 0 amide bonds. The first-order chi connectivity index (χ1) is 21.1. The van der Waals surface area contributed by atoms with Crippen molar-refractivity contribution in [3.05, 3.63) is 48.6 Å². The molecule has 0 fully saturated rings. The molecule has 43 heavy (non-hydrogen) atoms. The lowest BCUT2D eigenvalue weighted by Gasteiger charge is -2.15. The summed E-state index contributed by atoms with van der Waals surface area (Å²) in [6.45, 7) is 3.97. The summed E-state index contributed by atoms with van der Waals surface area (Å²) >= 11 is 0. The van der Waals surface area contributed by atoms with Crippen LogP contribution in [0.3, 0.4) is 0 Å². The van der Waals surface area contributed by atoms with E-state index in [9.17, 15) is 14.7 Å². The number of aliphatic hydroxyl groups excluding tert-OH is 1. The molecule has 5 nitrogen and oxygen atoms in total. The van der Waals surface area contributed by atoms with Crippen LogP contribution < -0.4 is 0 Å². The minimum Gasteiger partial charge on any atom is -0.462 e. The summed E-state index contributed by atoms with van der Waals surface area (Å²) in [6.07, 6.45) is 41.6. The van der Waals surface area contributed by atoms with Crippen molar-refractivity contribution in [1.29, 1.82) is 0 Å². The van der Waals surface area contributed by atoms with E-state index in [2.05, 4.69) is 62.5 Å². The third-order valence-electron chi connectivity index (χ3n) is 7.39. The predicted molar refractivity (Wildman–Crippen MR) is 182 cm³/mol. The highest BCUT2D eigenvalue weighted by Gasteiger charge is 2.16. The van der Waals surface area contributed by atoms with E-state index in [0.717, 1.165) is 64.2 Å². The molecule has 1 N–H and O–H groups in total. The third kappa shape index (κ3) is 32.6. The average Bonchev–Trinajstić information content (AvgIpc) is 3.01. The summed E-state index contributed by atoms with van der Waals surface area (Å²) in [5, 5.41) is 9.51. The number of ether oxygens (including phenoxy) is 2. The Balaban J connectivity index is 3.65. The molecule has 0 saturated heterocycles. The van der Waals surface area contributed by atoms with Crippen molar-refractivity contribution < 1.29 is 24.2 Å². The normalized spacial score (nSPS) is 12.7. The first-order valence-electron chi connectivity index (χ1n) is 17.7. The molecule has 0 aliphatic carbocycles. The Morgan fingerprint density at radius 2 is 1.00 bits per heavy atom. The molecule has 1 unspecified atom stereocenters. The first kappa shape index (κ1) is 40.9. The maximum atomic E-state index is 12.1. The SMILES string of the molecule is CC/C=C\C/C=C\C/C=C\C/C=C\CCCCC(=O)OC(CO)COC(=O)CCCCCCCCCCCCCCCC. The van der Waals surface area contributed by atoms with E-state index in [1.54, 1.807) is 0 Å². The van der Waals surface area contributed by atoms with E-state index in [-0.39, 0.29) is 25.2 Å². The van der Waals surface area contributed by atoms with Crippen LogP contribution in [0.25, 0.3) is 0 Å². The fourth-order valence-electron chi connectivity index (χ4n) is 4.72. The van der Waals surface area contributed by atoms with Gasteiger partial charge < -0.3 is 14.6 Å². The van der Waals surface area contributed by atoms with Gasteiger partial charge in [-0.05, 0) is 51.4 Å². The number of carbonyl (C=O) groups excluding carboxylic acids is 2. The second-order valence-corrected chi connectivity index (χ2v) is 11.6. The highest BCUT2D eigenvalue weighted by atomic mass is 16.6. The van der Waals surface area contributed by atoms with Crippen LogP contribution in [0.15, 0.2) is 48.6 Å². The van der Waals surface area contributed by atoms with Gasteiger partial charge in [-0.25, -0.2) is 0 Å². The van der Waals surface area contributed by atoms with Crippen LogP contribution in [0.2, 0.25) is 0 Å². The molecular weight excluding hydrogens is 536 g/mol. The maximum absolute atomic E-state index is 12.1. The van der Waals surface area contributed by atoms with Crippen molar-refractivity contribution in [2.75, 3.05) is 13.2 Å². The predicted octanol–water partition coefficient (Wildman–Crippen LogP) is 10.7. The quantitative estimate of drug-likeness (QED) is 0.0485. The third-order valence-corrected chi connectivity index (χ3v) is 7.39. The Morgan fingerprint density at radius 3 is 1.51 bits per heavy atom. The number of hydrogen-bond donors (Lipinski definition) is 1. The van der Waals surface area contributed by atoms with Crippen LogP contribution in [0.5, 0.6) is 0 Å². The minimum atomic E-state index is -0.790. The van der Waals surface area contributed by atoms with Crippen LogP contribution in [-0.2, 0) is 19.1 Å². The molecule has 1 atom stereocenters. The molecule has 0 bridgehead atoms. The molecule has 0 heterocycles. The number of aliphatic hydroxyl groups is 1. The van der Waals surface area contributed by atoms with Crippen molar-refractivity contribution >= 4 is 11.9 Å². The molecule has 0 spiro atoms. The van der Waals surface area contributed by atoms with Gasteiger partial charge in [0.25, 0.3) is 0 Å². The molecule has 0 aromatic heterocycles. The zero-order valence-electron chi connectivity index (χ0n) is 28.0. The van der Waals surface area contributed by atoms with Gasteiger partial charge in [-0.15, -0.1) is 0 Å². The number of allylic oxidation sites excluding steroid dienone is 8. The Labute approximate surface area is 265 Å². The standard InChI is InChI=1S/C38H66O5/c1-3-5-7-9-11-13-15-17-19-21-23-25-27-29-31-33-38(41)43-36(34-39)35-42-37(40)32-30-28-26-24-22-20-18-16-14-12-10-8-6-4-2/h5,7,11,13,17,19,23,25,36,39H,3-4,6,8-10,12,14-16,18,20-22,24,26-35H2,1-2H3/b7-5-,13-11-,19-17-,25-23-. The monoisotopic (exact) mass is 602 g/mol. The van der Waals surface area contributed by atoms with Gasteiger partial charge in [-0.3, -0.25) is 9.59 Å². The number of rotatable bonds is 31. The summed E-state index contributed by atoms with van der Waals surface area (Å²) in [6, 6.07) is 0. The number of hydrogen-bond acceptors (Lipinski definition) is 5. The van der Waals surface area contributed by atoms with Gasteiger partial charge in [-0.1, -0.05) is 146 Å². The Morgan fingerprint density at radius 1 is 0.558 bits per heavy atom. The van der Waals surface area contributed by atoms with Crippen LogP contribution in [-0.4, -0.2) is 36.4 Å². The van der Waals surface area contributed by atoms with E-state index in [1.165, 1.54) is 70.6 Å². The molecular formula is C38H66O5. The first-order valence-corrected chi connectivity index (χ1v) is 17.7. The molecule has 0 aliphatic heterocycles. The zero-order chi connectivity index (χ0) is 31.5. The number of unbranched alkanes of at least 4 members (excludes halogenated alkanes) is 15. The van der Waals surface area contributed by atoms with E-state index < -0.39 is 6.10 Å². The highest BCUT2D eigenvalue weighted by Crippen LogP contribution is 2.14. The Kier molecular flexibility index (Phi) is 32.6. The fraction of sp³-hybridized carbons (Fsp3) is 0.737. The lowest BCUT2D eigenvalue weighted by Crippen LogP contribution is -2.28. The van der Waals surface area contributed by atoms with Gasteiger partial charge in [0.1, 0.15) is 6.61 Å². The van der Waals surface area contributed by atoms with Gasteiger partial charge in [0, 0.05) is 12.8 Å². The van der Waals surface area contributed by atoms with Crippen molar-refractivity contribution in [1.82, 2.24) is 0 Å². The lowest BCUT2D eigenvalue weighted by atomic mass is 10.0. The average molecular weight is 603 g/mol. The van der Waals surface area contributed by atoms with Crippen LogP contribution in [0.1, 0.15) is 162 Å². The molecule has 0 radical (unpaired) electrons. The number of carbonyl (C=O) groups is 2. The van der Waals surface area contributed by atoms with Gasteiger partial charge in [0.15, 0.2) is 6.10 Å². The number of esters is 2. The van der Waals surface area contributed by atoms with Crippen molar-refractivity contribution in [3.8, 4) is 0 Å². The van der Waals surface area contributed by atoms with Crippen LogP contribution in [0.4, 0.5) is 0 Å². The van der Waals surface area contributed by atoms with Gasteiger partial charge in [-0.2, -0.15) is 0 Å². The largest absolute Gasteiger partial charge is 0.462 e. The van der Waals surface area contributed by atoms with E-state index in [0.29, 0.717) is 12.8 Å². The Hall–Kier alpha value is -2.14. The summed E-state index contributed by atoms with van der Waals surface area (Å²) in [5.41, 5.74) is 0. The second kappa shape index (κ2) is 34.4. The van der Waals surface area contributed by atoms with E-state index in [1.807, 2.05) is 0 Å². The Bertz CT molecular complexity index is 737. The van der Waals surface area contributed by atoms with Gasteiger partial charge in [0.05, 0.1) is 6.61 Å². The minimum absolute atomic E-state index is 0.0817. The topological polar surface area (TPSA) is 72.8 Å². The van der Waals surface area contributed by atoms with Gasteiger partial charge in [0.2, 0.25) is 0 Å².